The molecule has 1 aliphatic rings. The third-order valence-electron chi connectivity index (χ3n) is 5.48. The molecule has 0 aliphatic carbocycles. The number of anilines is 1. The molecule has 4 rings (SSSR count). The zero-order valence-corrected chi connectivity index (χ0v) is 18.5. The number of carbonyl (C=O) groups excluding carboxylic acids is 1. The van der Waals surface area contributed by atoms with Gasteiger partial charge in [-0.3, -0.25) is 4.79 Å². The predicted octanol–water partition coefficient (Wildman–Crippen LogP) is 4.78. The van der Waals surface area contributed by atoms with E-state index in [0.717, 1.165) is 29.9 Å². The van der Waals surface area contributed by atoms with Crippen LogP contribution in [-0.4, -0.2) is 32.3 Å². The number of methoxy groups -OCH3 is 1. The Kier molecular flexibility index (Phi) is 7.19. The summed E-state index contributed by atoms with van der Waals surface area (Å²) >= 11 is 0. The average Bonchev–Trinajstić information content (AvgIpc) is 3.39. The lowest BCUT2D eigenvalue weighted by atomic mass is 10.2. The lowest BCUT2D eigenvalue weighted by Gasteiger charge is -2.17. The second-order valence-corrected chi connectivity index (χ2v) is 7.77. The van der Waals surface area contributed by atoms with Crippen molar-refractivity contribution in [2.45, 2.75) is 19.4 Å². The summed E-state index contributed by atoms with van der Waals surface area (Å²) in [5.74, 6) is 0.530. The molecule has 1 saturated heterocycles. The molecular weight excluding hydrogens is 421 g/mol. The van der Waals surface area contributed by atoms with Crippen molar-refractivity contribution in [1.29, 1.82) is 0 Å². The molecule has 33 heavy (non-hydrogen) atoms. The van der Waals surface area contributed by atoms with Crippen molar-refractivity contribution in [2.75, 3.05) is 25.1 Å². The van der Waals surface area contributed by atoms with E-state index in [0.29, 0.717) is 17.1 Å². The molecule has 0 radical (unpaired) electrons. The highest BCUT2D eigenvalue weighted by atomic mass is 19.1. The number of hydrazone groups is 1. The summed E-state index contributed by atoms with van der Waals surface area (Å²) in [6.45, 7) is 2.42. The van der Waals surface area contributed by atoms with Gasteiger partial charge in [0.25, 0.3) is 5.91 Å². The van der Waals surface area contributed by atoms with Crippen LogP contribution in [0.15, 0.2) is 71.8 Å². The van der Waals surface area contributed by atoms with Crippen molar-refractivity contribution < 1.29 is 18.7 Å². The fraction of sp³-hybridized carbons (Fsp3) is 0.231. The lowest BCUT2D eigenvalue weighted by molar-refractivity contribution is 0.0955. The van der Waals surface area contributed by atoms with Gasteiger partial charge in [-0.05, 0) is 78.6 Å². The highest BCUT2D eigenvalue weighted by molar-refractivity contribution is 5.95. The number of hydrogen-bond donors (Lipinski definition) is 1. The van der Waals surface area contributed by atoms with Crippen molar-refractivity contribution in [3.63, 3.8) is 0 Å². The maximum absolute atomic E-state index is 13.0. The van der Waals surface area contributed by atoms with Gasteiger partial charge in [0.2, 0.25) is 0 Å². The second-order valence-electron chi connectivity index (χ2n) is 7.77. The lowest BCUT2D eigenvalue weighted by Crippen LogP contribution is -2.19. The number of nitrogens with zero attached hydrogens (tertiary/aromatic N) is 2. The fourth-order valence-corrected chi connectivity index (χ4v) is 3.65. The van der Waals surface area contributed by atoms with Crippen molar-refractivity contribution >= 4 is 17.8 Å². The van der Waals surface area contributed by atoms with Crippen LogP contribution < -0.4 is 19.8 Å². The molecule has 7 heteroatoms. The van der Waals surface area contributed by atoms with Gasteiger partial charge < -0.3 is 14.4 Å². The molecule has 170 valence electrons. The van der Waals surface area contributed by atoms with Gasteiger partial charge in [0.05, 0.1) is 13.3 Å². The molecule has 3 aromatic rings. The van der Waals surface area contributed by atoms with Crippen molar-refractivity contribution in [3.8, 4) is 11.5 Å². The molecule has 1 heterocycles. The molecule has 0 bridgehead atoms. The minimum absolute atomic E-state index is 0.273. The Hall–Kier alpha value is -3.87. The van der Waals surface area contributed by atoms with E-state index in [-0.39, 0.29) is 18.3 Å². The van der Waals surface area contributed by atoms with Crippen LogP contribution in [0.5, 0.6) is 11.5 Å². The third-order valence-corrected chi connectivity index (χ3v) is 5.48. The first-order chi connectivity index (χ1) is 16.1. The number of halogens is 1. The summed E-state index contributed by atoms with van der Waals surface area (Å²) in [4.78, 5) is 14.7. The van der Waals surface area contributed by atoms with E-state index in [4.69, 9.17) is 9.47 Å². The molecule has 0 aromatic heterocycles. The standard InChI is InChI=1S/C26H26FN3O3/c1-32-25-16-20(6-13-24(25)33-18-19-4-9-22(27)10-5-19)17-28-29-26(31)21-7-11-23(12-8-21)30-14-2-3-15-30/h4-13,16-17H,2-3,14-15,18H2,1H3,(H,29,31)/b28-17-. The molecule has 0 atom stereocenters. The number of rotatable bonds is 8. The van der Waals surface area contributed by atoms with Crippen LogP contribution in [0.2, 0.25) is 0 Å². The van der Waals surface area contributed by atoms with Crippen LogP contribution in [-0.2, 0) is 6.61 Å². The quantitative estimate of drug-likeness (QED) is 0.399. The molecule has 0 spiro atoms. The number of carbonyl (C=O) groups is 1. The van der Waals surface area contributed by atoms with Gasteiger partial charge in [-0.1, -0.05) is 12.1 Å². The summed E-state index contributed by atoms with van der Waals surface area (Å²) in [6, 6.07) is 19.0. The van der Waals surface area contributed by atoms with Crippen LogP contribution in [0, 0.1) is 5.82 Å². The average molecular weight is 448 g/mol. The number of nitrogens with one attached hydrogen (secondary N) is 1. The molecule has 3 aromatic carbocycles. The summed E-state index contributed by atoms with van der Waals surface area (Å²) in [6.07, 6.45) is 3.97. The number of ether oxygens (including phenoxy) is 2. The third kappa shape index (κ3) is 5.88. The Bertz CT molecular complexity index is 1110. The Labute approximate surface area is 192 Å². The minimum Gasteiger partial charge on any atom is -0.493 e. The molecule has 1 amide bonds. The van der Waals surface area contributed by atoms with Crippen molar-refractivity contribution in [1.82, 2.24) is 5.43 Å². The van der Waals surface area contributed by atoms with E-state index >= 15 is 0 Å². The summed E-state index contributed by atoms with van der Waals surface area (Å²) in [7, 11) is 1.55. The van der Waals surface area contributed by atoms with Gasteiger partial charge in [0.1, 0.15) is 12.4 Å². The van der Waals surface area contributed by atoms with E-state index in [1.165, 1.54) is 25.0 Å². The highest BCUT2D eigenvalue weighted by Gasteiger charge is 2.13. The highest BCUT2D eigenvalue weighted by Crippen LogP contribution is 2.28. The van der Waals surface area contributed by atoms with Crippen LogP contribution in [0.1, 0.15) is 34.3 Å². The van der Waals surface area contributed by atoms with Crippen molar-refractivity contribution in [3.05, 3.63) is 89.2 Å². The van der Waals surface area contributed by atoms with E-state index < -0.39 is 0 Å². The monoisotopic (exact) mass is 447 g/mol. The normalized spacial score (nSPS) is 13.3. The largest absolute Gasteiger partial charge is 0.493 e. The Morgan fingerprint density at radius 3 is 2.45 bits per heavy atom. The van der Waals surface area contributed by atoms with Gasteiger partial charge in [-0.25, -0.2) is 9.82 Å². The topological polar surface area (TPSA) is 63.2 Å². The Balaban J connectivity index is 1.33. The SMILES string of the molecule is COc1cc(/C=N\NC(=O)c2ccc(N3CCCC3)cc2)ccc1OCc1ccc(F)cc1. The fourth-order valence-electron chi connectivity index (χ4n) is 3.65. The van der Waals surface area contributed by atoms with Crippen molar-refractivity contribution in [2.24, 2.45) is 5.10 Å². The van der Waals surface area contributed by atoms with Gasteiger partial charge in [0.15, 0.2) is 11.5 Å². The van der Waals surface area contributed by atoms with Crippen LogP contribution >= 0.6 is 0 Å². The van der Waals surface area contributed by atoms with Crippen LogP contribution in [0.25, 0.3) is 0 Å². The van der Waals surface area contributed by atoms with Gasteiger partial charge in [-0.2, -0.15) is 5.10 Å². The molecule has 1 N–H and O–H groups in total. The van der Waals surface area contributed by atoms with Gasteiger partial charge >= 0.3 is 0 Å². The van der Waals surface area contributed by atoms with E-state index in [9.17, 15) is 9.18 Å². The molecule has 1 fully saturated rings. The first-order valence-corrected chi connectivity index (χ1v) is 10.9. The van der Waals surface area contributed by atoms with E-state index in [2.05, 4.69) is 15.4 Å². The Morgan fingerprint density at radius 1 is 1.03 bits per heavy atom. The van der Waals surface area contributed by atoms with Gasteiger partial charge in [0, 0.05) is 24.3 Å². The zero-order chi connectivity index (χ0) is 23.0. The molecular formula is C26H26FN3O3. The van der Waals surface area contributed by atoms with Crippen LogP contribution in [0.4, 0.5) is 10.1 Å². The molecule has 0 saturated carbocycles. The number of amides is 1. The number of hydrogen-bond acceptors (Lipinski definition) is 5. The smallest absolute Gasteiger partial charge is 0.271 e. The molecule has 1 aliphatic heterocycles. The predicted molar refractivity (Wildman–Crippen MR) is 127 cm³/mol. The van der Waals surface area contributed by atoms with Gasteiger partial charge in [-0.15, -0.1) is 0 Å². The van der Waals surface area contributed by atoms with Crippen LogP contribution in [0.3, 0.4) is 0 Å². The summed E-state index contributed by atoms with van der Waals surface area (Å²) in [5, 5.41) is 4.06. The maximum atomic E-state index is 13.0. The summed E-state index contributed by atoms with van der Waals surface area (Å²) in [5.41, 5.74) is 5.84. The van der Waals surface area contributed by atoms with E-state index in [1.807, 2.05) is 30.3 Å². The van der Waals surface area contributed by atoms with E-state index in [1.54, 1.807) is 37.6 Å². The zero-order valence-electron chi connectivity index (χ0n) is 18.5. The minimum atomic E-state index is -0.286. The summed E-state index contributed by atoms with van der Waals surface area (Å²) < 4.78 is 24.2. The maximum Gasteiger partial charge on any atom is 0.271 e. The molecule has 0 unspecified atom stereocenters. The Morgan fingerprint density at radius 2 is 1.76 bits per heavy atom. The molecule has 6 nitrogen and oxygen atoms in total. The second kappa shape index (κ2) is 10.6. The first-order valence-electron chi connectivity index (χ1n) is 10.9. The first kappa shape index (κ1) is 22.3. The number of benzene rings is 3.